The summed E-state index contributed by atoms with van der Waals surface area (Å²) < 4.78 is 5.23. The van der Waals surface area contributed by atoms with Crippen LogP contribution in [0, 0.1) is 0 Å². The Hall–Kier alpha value is -2.87. The van der Waals surface area contributed by atoms with Gasteiger partial charge in [0.2, 0.25) is 5.82 Å². The highest BCUT2D eigenvalue weighted by Gasteiger charge is 2.11. The zero-order chi connectivity index (χ0) is 17.6. The van der Waals surface area contributed by atoms with Gasteiger partial charge in [-0.3, -0.25) is 9.89 Å². The summed E-state index contributed by atoms with van der Waals surface area (Å²) >= 11 is 6.10. The maximum atomic E-state index is 12.2. The first-order chi connectivity index (χ1) is 12.2. The van der Waals surface area contributed by atoms with E-state index in [0.717, 1.165) is 0 Å². The van der Waals surface area contributed by atoms with Crippen molar-refractivity contribution in [2.24, 2.45) is 0 Å². The van der Waals surface area contributed by atoms with E-state index in [-0.39, 0.29) is 5.91 Å². The van der Waals surface area contributed by atoms with E-state index in [4.69, 9.17) is 16.0 Å². The molecule has 0 spiro atoms. The standard InChI is InChI=1S/C16H17ClN6O2/c1-2-18-14-11(17)8-10(9-20-14)16(24)19-6-5-13-21-15(23-22-13)12-4-3-7-25-12/h3-4,7-9H,2,5-6H2,1H3,(H,18,20)(H,19,24)(H,21,22,23). The van der Waals surface area contributed by atoms with Gasteiger partial charge in [-0.15, -0.1) is 0 Å². The fraction of sp³-hybridized carbons (Fsp3) is 0.250. The Morgan fingerprint density at radius 2 is 2.32 bits per heavy atom. The number of aromatic nitrogens is 4. The molecule has 8 nitrogen and oxygen atoms in total. The van der Waals surface area contributed by atoms with Crippen molar-refractivity contribution in [2.75, 3.05) is 18.4 Å². The van der Waals surface area contributed by atoms with E-state index >= 15 is 0 Å². The van der Waals surface area contributed by atoms with Crippen LogP contribution in [-0.2, 0) is 6.42 Å². The third-order valence-corrected chi connectivity index (χ3v) is 3.66. The molecule has 0 aromatic carbocycles. The smallest absolute Gasteiger partial charge is 0.252 e. The van der Waals surface area contributed by atoms with Crippen molar-refractivity contribution < 1.29 is 9.21 Å². The lowest BCUT2D eigenvalue weighted by Crippen LogP contribution is -2.26. The van der Waals surface area contributed by atoms with Crippen LogP contribution in [0.4, 0.5) is 5.82 Å². The highest BCUT2D eigenvalue weighted by Crippen LogP contribution is 2.19. The normalized spacial score (nSPS) is 10.6. The maximum Gasteiger partial charge on any atom is 0.252 e. The number of halogens is 1. The summed E-state index contributed by atoms with van der Waals surface area (Å²) in [6.45, 7) is 3.05. The van der Waals surface area contributed by atoms with E-state index in [1.807, 2.05) is 6.92 Å². The lowest BCUT2D eigenvalue weighted by atomic mass is 10.2. The van der Waals surface area contributed by atoms with Crippen LogP contribution < -0.4 is 10.6 Å². The van der Waals surface area contributed by atoms with Crippen LogP contribution >= 0.6 is 11.6 Å². The first kappa shape index (κ1) is 17.0. The van der Waals surface area contributed by atoms with Crippen LogP contribution in [0.15, 0.2) is 35.1 Å². The number of H-pyrrole nitrogens is 1. The molecule has 3 aromatic heterocycles. The summed E-state index contributed by atoms with van der Waals surface area (Å²) in [6.07, 6.45) is 3.56. The third kappa shape index (κ3) is 4.16. The Morgan fingerprint density at radius 3 is 3.04 bits per heavy atom. The van der Waals surface area contributed by atoms with Crippen molar-refractivity contribution in [3.8, 4) is 11.6 Å². The molecule has 0 atom stereocenters. The number of amides is 1. The topological polar surface area (TPSA) is 109 Å². The van der Waals surface area contributed by atoms with Gasteiger partial charge in [0, 0.05) is 25.7 Å². The van der Waals surface area contributed by atoms with Crippen LogP contribution in [-0.4, -0.2) is 39.2 Å². The molecule has 3 aromatic rings. The number of nitrogens with one attached hydrogen (secondary N) is 3. The van der Waals surface area contributed by atoms with Gasteiger partial charge in [-0.05, 0) is 25.1 Å². The first-order valence-electron chi connectivity index (χ1n) is 7.80. The van der Waals surface area contributed by atoms with Crippen molar-refractivity contribution in [2.45, 2.75) is 13.3 Å². The summed E-state index contributed by atoms with van der Waals surface area (Å²) in [5.74, 6) is 2.05. The Bertz CT molecular complexity index is 846. The van der Waals surface area contributed by atoms with Crippen LogP contribution in [0.25, 0.3) is 11.6 Å². The number of carbonyl (C=O) groups is 1. The SMILES string of the molecule is CCNc1ncc(C(=O)NCCc2nc(-c3ccco3)n[nH]2)cc1Cl. The molecule has 3 N–H and O–H groups in total. The minimum absolute atomic E-state index is 0.247. The molecule has 0 fully saturated rings. The van der Waals surface area contributed by atoms with Gasteiger partial charge in [0.1, 0.15) is 11.6 Å². The molecule has 0 radical (unpaired) electrons. The monoisotopic (exact) mass is 360 g/mol. The number of pyridine rings is 1. The molecule has 3 rings (SSSR count). The number of hydrogen-bond donors (Lipinski definition) is 3. The van der Waals surface area contributed by atoms with Crippen LogP contribution in [0.5, 0.6) is 0 Å². The molecule has 0 bridgehead atoms. The minimum atomic E-state index is -0.247. The number of carbonyl (C=O) groups excluding carboxylic acids is 1. The van der Waals surface area contributed by atoms with E-state index in [1.165, 1.54) is 6.20 Å². The largest absolute Gasteiger partial charge is 0.461 e. The highest BCUT2D eigenvalue weighted by molar-refractivity contribution is 6.33. The highest BCUT2D eigenvalue weighted by atomic mass is 35.5. The predicted octanol–water partition coefficient (Wildman–Crippen LogP) is 2.52. The van der Waals surface area contributed by atoms with E-state index in [9.17, 15) is 4.79 Å². The number of anilines is 1. The van der Waals surface area contributed by atoms with Crippen LogP contribution in [0.1, 0.15) is 23.1 Å². The second kappa shape index (κ2) is 7.80. The summed E-state index contributed by atoms with van der Waals surface area (Å²) in [5, 5.41) is 13.1. The summed E-state index contributed by atoms with van der Waals surface area (Å²) in [7, 11) is 0. The molecular formula is C16H17ClN6O2. The molecule has 130 valence electrons. The Morgan fingerprint density at radius 1 is 1.44 bits per heavy atom. The van der Waals surface area contributed by atoms with Gasteiger partial charge < -0.3 is 15.1 Å². The molecule has 25 heavy (non-hydrogen) atoms. The summed E-state index contributed by atoms with van der Waals surface area (Å²) in [6, 6.07) is 5.14. The van der Waals surface area contributed by atoms with Gasteiger partial charge in [0.25, 0.3) is 5.91 Å². The molecule has 3 heterocycles. The maximum absolute atomic E-state index is 12.2. The fourth-order valence-corrected chi connectivity index (χ4v) is 2.41. The van der Waals surface area contributed by atoms with Gasteiger partial charge >= 0.3 is 0 Å². The minimum Gasteiger partial charge on any atom is -0.461 e. The van der Waals surface area contributed by atoms with E-state index in [1.54, 1.807) is 24.5 Å². The van der Waals surface area contributed by atoms with Crippen molar-refractivity contribution >= 4 is 23.3 Å². The van der Waals surface area contributed by atoms with Crippen LogP contribution in [0.2, 0.25) is 5.02 Å². The second-order valence-corrected chi connectivity index (χ2v) is 5.58. The van der Waals surface area contributed by atoms with E-state index < -0.39 is 0 Å². The van der Waals surface area contributed by atoms with Crippen molar-refractivity contribution in [3.63, 3.8) is 0 Å². The van der Waals surface area contributed by atoms with Gasteiger partial charge in [0.15, 0.2) is 5.76 Å². The Labute approximate surface area is 149 Å². The molecule has 0 saturated carbocycles. The van der Waals surface area contributed by atoms with Gasteiger partial charge in [-0.1, -0.05) is 11.6 Å². The molecule has 0 saturated heterocycles. The zero-order valence-electron chi connectivity index (χ0n) is 13.5. The van der Waals surface area contributed by atoms with E-state index in [2.05, 4.69) is 30.8 Å². The lowest BCUT2D eigenvalue weighted by Gasteiger charge is -2.07. The van der Waals surface area contributed by atoms with Gasteiger partial charge in [-0.2, -0.15) is 5.10 Å². The van der Waals surface area contributed by atoms with Crippen LogP contribution in [0.3, 0.4) is 0 Å². The molecule has 0 aliphatic heterocycles. The van der Waals surface area contributed by atoms with E-state index in [0.29, 0.717) is 53.3 Å². The number of rotatable bonds is 7. The molecule has 0 aliphatic rings. The molecule has 0 aliphatic carbocycles. The average Bonchev–Trinajstić information content (AvgIpc) is 3.28. The molecular weight excluding hydrogens is 344 g/mol. The summed E-state index contributed by atoms with van der Waals surface area (Å²) in [5.41, 5.74) is 0.403. The van der Waals surface area contributed by atoms with Crippen molar-refractivity contribution in [3.05, 3.63) is 47.1 Å². The molecule has 1 amide bonds. The Kier molecular flexibility index (Phi) is 5.30. The number of nitrogens with zero attached hydrogens (tertiary/aromatic N) is 3. The summed E-state index contributed by atoms with van der Waals surface area (Å²) in [4.78, 5) is 20.6. The van der Waals surface area contributed by atoms with Crippen molar-refractivity contribution in [1.29, 1.82) is 0 Å². The van der Waals surface area contributed by atoms with Gasteiger partial charge in [0.05, 0.1) is 16.8 Å². The number of hydrogen-bond acceptors (Lipinski definition) is 6. The third-order valence-electron chi connectivity index (χ3n) is 3.37. The van der Waals surface area contributed by atoms with Crippen molar-refractivity contribution in [1.82, 2.24) is 25.5 Å². The lowest BCUT2D eigenvalue weighted by molar-refractivity contribution is 0.0953. The average molecular weight is 361 g/mol. The second-order valence-electron chi connectivity index (χ2n) is 5.17. The first-order valence-corrected chi connectivity index (χ1v) is 8.18. The number of furan rings is 1. The molecule has 9 heteroatoms. The Balaban J connectivity index is 1.53. The number of aromatic amines is 1. The molecule has 0 unspecified atom stereocenters. The predicted molar refractivity (Wildman–Crippen MR) is 93.5 cm³/mol. The quantitative estimate of drug-likeness (QED) is 0.597. The fourth-order valence-electron chi connectivity index (χ4n) is 2.18. The van der Waals surface area contributed by atoms with Gasteiger partial charge in [-0.25, -0.2) is 9.97 Å². The zero-order valence-corrected chi connectivity index (χ0v) is 14.3.